The maximum Gasteiger partial charge on any atom is 0.242 e. The second kappa shape index (κ2) is 12.4. The van der Waals surface area contributed by atoms with E-state index in [1.165, 1.54) is 9.80 Å². The highest BCUT2D eigenvalue weighted by Crippen LogP contribution is 2.63. The molecule has 1 saturated carbocycles. The summed E-state index contributed by atoms with van der Waals surface area (Å²) in [6.07, 6.45) is 3.43. The molecule has 2 aliphatic carbocycles. The van der Waals surface area contributed by atoms with E-state index in [-0.39, 0.29) is 42.8 Å². The normalized spacial score (nSPS) is 27.3. The summed E-state index contributed by atoms with van der Waals surface area (Å²) >= 11 is 7.89. The molecule has 0 unspecified atom stereocenters. The van der Waals surface area contributed by atoms with Crippen molar-refractivity contribution in [3.05, 3.63) is 76.3 Å². The summed E-state index contributed by atoms with van der Waals surface area (Å²) in [5, 5.41) is 15.7. The van der Waals surface area contributed by atoms with Crippen LogP contribution in [-0.4, -0.2) is 63.2 Å². The van der Waals surface area contributed by atoms with Crippen LogP contribution in [0.25, 0.3) is 20.7 Å². The van der Waals surface area contributed by atoms with Crippen molar-refractivity contribution in [2.24, 2.45) is 36.1 Å². The fraction of sp³-hybridized carbons (Fsp3) is 0.410. The van der Waals surface area contributed by atoms with Gasteiger partial charge in [0.2, 0.25) is 23.6 Å². The van der Waals surface area contributed by atoms with E-state index < -0.39 is 29.1 Å². The lowest BCUT2D eigenvalue weighted by molar-refractivity contribution is -0.140. The number of thiophene rings is 1. The number of anilines is 1. The molecule has 4 amide bonds. The fourth-order valence-electron chi connectivity index (χ4n) is 9.26. The van der Waals surface area contributed by atoms with Crippen LogP contribution in [0.15, 0.2) is 60.2 Å². The van der Waals surface area contributed by atoms with Gasteiger partial charge in [-0.1, -0.05) is 42.3 Å². The van der Waals surface area contributed by atoms with Gasteiger partial charge in [-0.25, -0.2) is 4.90 Å². The molecule has 12 heteroatoms. The highest BCUT2D eigenvalue weighted by Gasteiger charge is 2.67. The summed E-state index contributed by atoms with van der Waals surface area (Å²) in [7, 11) is 1.74. The zero-order valence-electron chi connectivity index (χ0n) is 28.9. The number of hydrogen-bond donors (Lipinski definition) is 1. The Morgan fingerprint density at radius 3 is 2.53 bits per heavy atom. The number of allylic oxidation sites excluding steroid dienone is 2. The highest BCUT2D eigenvalue weighted by molar-refractivity contribution is 7.22. The van der Waals surface area contributed by atoms with Gasteiger partial charge in [-0.2, -0.15) is 5.10 Å². The van der Waals surface area contributed by atoms with Crippen LogP contribution < -0.4 is 9.64 Å². The smallest absolute Gasteiger partial charge is 0.242 e. The molecule has 2 saturated heterocycles. The standard InChI is InChI=1S/C39H39ClN4O6S/c1-5-14-43-35(46)25-12-11-24-27(32(25)37(43)48)18-28-36(47)44(38(49)39(28,3)33(24)21-6-9-23(10-7-21)50-16-15-45)31-19-29(41-42(31)4)34-20(2)26-17-22(40)8-13-30(26)51-34/h6-11,13,17,19,25,27-28,32-33,45H,5,12,14-16,18H2,1-4H3/t25-,27+,28-,32-,33-,39+/m0/s1. The van der Waals surface area contributed by atoms with E-state index in [2.05, 4.69) is 6.08 Å². The fourth-order valence-corrected chi connectivity index (χ4v) is 10.6. The number of fused-ring (bicyclic) bond motifs is 5. The average molecular weight is 727 g/mol. The molecule has 0 bridgehead atoms. The molecule has 0 radical (unpaired) electrons. The number of ether oxygens (including phenoxy) is 1. The number of aliphatic hydroxyl groups excluding tert-OH is 1. The van der Waals surface area contributed by atoms with E-state index in [9.17, 15) is 19.5 Å². The van der Waals surface area contributed by atoms with Crippen LogP contribution in [0, 0.1) is 36.0 Å². The molecule has 4 aromatic rings. The van der Waals surface area contributed by atoms with Crippen molar-refractivity contribution >= 4 is 62.5 Å². The lowest BCUT2D eigenvalue weighted by Gasteiger charge is -2.49. The SMILES string of the molecule is CCCN1C(=O)[C@H]2[C@H](CC=C3[C@H]2C[C@H]2C(=O)N(c4cc(-c5sc6ccc(Cl)cc6c5C)nn4C)C(=O)[C@@]2(C)[C@H]3c2ccc(OCCO)cc2)C1=O. The van der Waals surface area contributed by atoms with Crippen LogP contribution in [0.1, 0.15) is 50.2 Å². The lowest BCUT2D eigenvalue weighted by Crippen LogP contribution is -2.48. The van der Waals surface area contributed by atoms with E-state index in [4.69, 9.17) is 21.4 Å². The topological polar surface area (TPSA) is 122 Å². The first-order valence-electron chi connectivity index (χ1n) is 17.5. The Morgan fingerprint density at radius 2 is 1.80 bits per heavy atom. The number of halogens is 1. The monoisotopic (exact) mass is 726 g/mol. The second-order valence-electron chi connectivity index (χ2n) is 14.3. The minimum Gasteiger partial charge on any atom is -0.491 e. The molecule has 2 aromatic heterocycles. The number of rotatable bonds is 8. The van der Waals surface area contributed by atoms with E-state index in [1.807, 2.05) is 57.2 Å². The average Bonchev–Trinajstić information content (AvgIpc) is 3.78. The number of imide groups is 2. The van der Waals surface area contributed by atoms with Crippen molar-refractivity contribution in [1.82, 2.24) is 14.7 Å². The summed E-state index contributed by atoms with van der Waals surface area (Å²) in [4.78, 5) is 60.8. The van der Waals surface area contributed by atoms with Crippen molar-refractivity contribution < 1.29 is 29.0 Å². The third-order valence-electron chi connectivity index (χ3n) is 11.6. The number of carbonyl (C=O) groups is 4. The molecule has 51 heavy (non-hydrogen) atoms. The number of amides is 4. The molecule has 0 spiro atoms. The largest absolute Gasteiger partial charge is 0.491 e. The molecule has 4 heterocycles. The van der Waals surface area contributed by atoms with E-state index in [0.717, 1.165) is 31.7 Å². The van der Waals surface area contributed by atoms with Gasteiger partial charge in [0.05, 0.1) is 34.7 Å². The molecule has 8 rings (SSSR count). The quantitative estimate of drug-likeness (QED) is 0.168. The molecule has 4 aliphatic rings. The molecular formula is C39H39ClN4O6S. The minimum atomic E-state index is -1.18. The van der Waals surface area contributed by atoms with Crippen molar-refractivity contribution in [2.75, 3.05) is 24.7 Å². The number of aryl methyl sites for hydroxylation is 2. The molecule has 1 N–H and O–H groups in total. The molecule has 3 fully saturated rings. The summed E-state index contributed by atoms with van der Waals surface area (Å²) in [6, 6.07) is 15.0. The summed E-state index contributed by atoms with van der Waals surface area (Å²) in [5.41, 5.74) is 2.26. The van der Waals surface area contributed by atoms with Crippen LogP contribution in [0.3, 0.4) is 0 Å². The van der Waals surface area contributed by atoms with Crippen molar-refractivity contribution in [3.8, 4) is 16.3 Å². The highest BCUT2D eigenvalue weighted by atomic mass is 35.5. The van der Waals surface area contributed by atoms with Gasteiger partial charge in [0.15, 0.2) is 0 Å². The first kappa shape index (κ1) is 33.8. The predicted molar refractivity (Wildman–Crippen MR) is 194 cm³/mol. The number of aliphatic hydroxyl groups is 1. The van der Waals surface area contributed by atoms with Crippen molar-refractivity contribution in [3.63, 3.8) is 0 Å². The predicted octanol–water partition coefficient (Wildman–Crippen LogP) is 6.28. The van der Waals surface area contributed by atoms with Crippen molar-refractivity contribution in [1.29, 1.82) is 0 Å². The Hall–Kier alpha value is -4.32. The first-order valence-corrected chi connectivity index (χ1v) is 18.7. The molecule has 2 aliphatic heterocycles. The minimum absolute atomic E-state index is 0.123. The number of likely N-dealkylation sites (tertiary alicyclic amines) is 1. The molecule has 2 aromatic carbocycles. The molecule has 264 valence electrons. The van der Waals surface area contributed by atoms with Crippen LogP contribution in [0.5, 0.6) is 5.75 Å². The van der Waals surface area contributed by atoms with Gasteiger partial charge < -0.3 is 9.84 Å². The van der Waals surface area contributed by atoms with Crippen molar-refractivity contribution in [2.45, 2.75) is 46.0 Å². The van der Waals surface area contributed by atoms with E-state index >= 15 is 4.79 Å². The lowest BCUT2D eigenvalue weighted by atomic mass is 9.51. The Labute approximate surface area is 304 Å². The molecule has 10 nitrogen and oxygen atoms in total. The van der Waals surface area contributed by atoms with Crippen LogP contribution in [0.2, 0.25) is 5.02 Å². The van der Waals surface area contributed by atoms with E-state index in [1.54, 1.807) is 35.2 Å². The Balaban J connectivity index is 1.23. The van der Waals surface area contributed by atoms with Gasteiger partial charge in [-0.05, 0) is 85.9 Å². The summed E-state index contributed by atoms with van der Waals surface area (Å²) in [5.74, 6) is -2.70. The van der Waals surface area contributed by atoms with Gasteiger partial charge in [0, 0.05) is 35.3 Å². The Morgan fingerprint density at radius 1 is 1.04 bits per heavy atom. The number of nitrogens with zero attached hydrogens (tertiary/aromatic N) is 4. The number of aromatic nitrogens is 2. The maximum absolute atomic E-state index is 15.0. The summed E-state index contributed by atoms with van der Waals surface area (Å²) in [6.45, 7) is 6.23. The third kappa shape index (κ3) is 4.95. The Bertz CT molecular complexity index is 2160. The summed E-state index contributed by atoms with van der Waals surface area (Å²) < 4.78 is 8.29. The third-order valence-corrected chi connectivity index (χ3v) is 13.1. The zero-order chi connectivity index (χ0) is 35.9. The maximum atomic E-state index is 15.0. The van der Waals surface area contributed by atoms with Crippen LogP contribution >= 0.6 is 22.9 Å². The number of carbonyl (C=O) groups excluding carboxylic acids is 4. The van der Waals surface area contributed by atoms with Gasteiger partial charge >= 0.3 is 0 Å². The van der Waals surface area contributed by atoms with Gasteiger partial charge in [0.1, 0.15) is 23.9 Å². The zero-order valence-corrected chi connectivity index (χ0v) is 30.5. The van der Waals surface area contributed by atoms with Gasteiger partial charge in [-0.15, -0.1) is 11.3 Å². The first-order chi connectivity index (χ1) is 24.5. The number of benzene rings is 2. The second-order valence-corrected chi connectivity index (χ2v) is 15.8. The number of hydrogen-bond acceptors (Lipinski definition) is 8. The Kier molecular flexibility index (Phi) is 8.23. The molecule has 6 atom stereocenters. The molecular weight excluding hydrogens is 688 g/mol. The van der Waals surface area contributed by atoms with E-state index in [0.29, 0.717) is 48.1 Å². The van der Waals surface area contributed by atoms with Gasteiger partial charge in [0.25, 0.3) is 0 Å². The van der Waals surface area contributed by atoms with Crippen LogP contribution in [-0.2, 0) is 26.2 Å². The van der Waals surface area contributed by atoms with Gasteiger partial charge in [-0.3, -0.25) is 28.8 Å². The van der Waals surface area contributed by atoms with Crippen LogP contribution in [0.4, 0.5) is 5.82 Å².